The lowest BCUT2D eigenvalue weighted by molar-refractivity contribution is 0.0512. The van der Waals surface area contributed by atoms with E-state index >= 15 is 0 Å². The van der Waals surface area contributed by atoms with Gasteiger partial charge in [0.15, 0.2) is 6.79 Å². The molecule has 0 atom stereocenters. The monoisotopic (exact) mass is 402 g/mol. The van der Waals surface area contributed by atoms with Crippen LogP contribution in [-0.2, 0) is 4.74 Å². The summed E-state index contributed by atoms with van der Waals surface area (Å²) < 4.78 is 10.7. The molecule has 0 saturated heterocycles. The highest BCUT2D eigenvalue weighted by Crippen LogP contribution is 2.41. The molecule has 0 aliphatic rings. The van der Waals surface area contributed by atoms with E-state index in [2.05, 4.69) is 53.0 Å². The molecule has 2 nitrogen and oxygen atoms in total. The Hall–Kier alpha value is -1.47. The topological polar surface area (TPSA) is 18.5 Å². The van der Waals surface area contributed by atoms with Gasteiger partial charge in [-0.1, -0.05) is 71.2 Å². The molecule has 0 spiro atoms. The Balaban J connectivity index is 2.69. The summed E-state index contributed by atoms with van der Waals surface area (Å²) in [6, 6.07) is 9.90. The first-order chi connectivity index (χ1) is 12.7. The molecule has 0 saturated carbocycles. The van der Waals surface area contributed by atoms with Gasteiger partial charge in [-0.25, -0.2) is 0 Å². The van der Waals surface area contributed by atoms with Crippen LogP contribution in [0.2, 0.25) is 21.6 Å². The average molecular weight is 403 g/mol. The van der Waals surface area contributed by atoms with Crippen LogP contribution in [0.15, 0.2) is 30.3 Å². The van der Waals surface area contributed by atoms with E-state index in [0.29, 0.717) is 16.6 Å². The van der Waals surface area contributed by atoms with Crippen LogP contribution >= 0.6 is 11.6 Å². The zero-order valence-electron chi connectivity index (χ0n) is 17.5. The van der Waals surface area contributed by atoms with Gasteiger partial charge in [-0.3, -0.25) is 0 Å². The van der Waals surface area contributed by atoms with Crippen molar-refractivity contribution in [2.45, 2.75) is 58.2 Å². The van der Waals surface area contributed by atoms with E-state index in [9.17, 15) is 0 Å². The second-order valence-corrected chi connectivity index (χ2v) is 14.0. The number of hydrogen-bond donors (Lipinski definition) is 0. The normalized spacial score (nSPS) is 12.0. The zero-order valence-corrected chi connectivity index (χ0v) is 19.3. The second-order valence-electron chi connectivity index (χ2n) is 8.01. The fraction of sp³-hybridized carbons (Fsp3) is 0.478. The van der Waals surface area contributed by atoms with Crippen LogP contribution in [0.25, 0.3) is 10.8 Å². The lowest BCUT2D eigenvalue weighted by atomic mass is 10.0. The van der Waals surface area contributed by atoms with Gasteiger partial charge in [0, 0.05) is 23.1 Å². The maximum absolute atomic E-state index is 6.53. The molecule has 0 bridgehead atoms. The molecule has 4 heteroatoms. The van der Waals surface area contributed by atoms with E-state index in [4.69, 9.17) is 21.1 Å². The van der Waals surface area contributed by atoms with Crippen molar-refractivity contribution in [2.24, 2.45) is 0 Å². The molecule has 2 rings (SSSR count). The van der Waals surface area contributed by atoms with Crippen molar-refractivity contribution in [1.29, 1.82) is 0 Å². The van der Waals surface area contributed by atoms with Gasteiger partial charge in [0.25, 0.3) is 0 Å². The first-order valence-electron chi connectivity index (χ1n) is 9.61. The van der Waals surface area contributed by atoms with Crippen molar-refractivity contribution in [1.82, 2.24) is 0 Å². The third kappa shape index (κ3) is 4.51. The maximum Gasteiger partial charge on any atom is 0.188 e. The minimum atomic E-state index is -1.83. The summed E-state index contributed by atoms with van der Waals surface area (Å²) in [5.41, 5.74) is 6.48. The van der Waals surface area contributed by atoms with E-state index in [-0.39, 0.29) is 6.79 Å². The molecular formula is C23H31ClO2Si. The molecule has 0 radical (unpaired) electrons. The molecule has 0 aromatic heterocycles. The summed E-state index contributed by atoms with van der Waals surface area (Å²) in [4.78, 5) is 0. The van der Waals surface area contributed by atoms with Crippen molar-refractivity contribution in [2.75, 3.05) is 13.9 Å². The van der Waals surface area contributed by atoms with Gasteiger partial charge >= 0.3 is 0 Å². The zero-order chi connectivity index (χ0) is 20.2. The number of rotatable bonds is 6. The van der Waals surface area contributed by atoms with Crippen LogP contribution in [0, 0.1) is 11.5 Å². The minimum absolute atomic E-state index is 0.210. The van der Waals surface area contributed by atoms with Crippen LogP contribution in [0.1, 0.15) is 47.1 Å². The summed E-state index contributed by atoms with van der Waals surface area (Å²) in [6.07, 6.45) is 0. The van der Waals surface area contributed by atoms with Gasteiger partial charge in [0.2, 0.25) is 0 Å². The van der Waals surface area contributed by atoms with Gasteiger partial charge in [-0.05, 0) is 40.2 Å². The summed E-state index contributed by atoms with van der Waals surface area (Å²) >= 11 is 6.53. The molecule has 0 N–H and O–H groups in total. The summed E-state index contributed by atoms with van der Waals surface area (Å²) in [5.74, 6) is 4.29. The van der Waals surface area contributed by atoms with E-state index in [1.54, 1.807) is 7.11 Å². The number of fused-ring (bicyclic) bond motifs is 1. The number of ether oxygens (including phenoxy) is 2. The molecule has 0 amide bonds. The molecule has 2 aromatic carbocycles. The second kappa shape index (κ2) is 9.15. The molecule has 146 valence electrons. The Morgan fingerprint density at radius 1 is 1.00 bits per heavy atom. The molecule has 0 unspecified atom stereocenters. The highest BCUT2D eigenvalue weighted by molar-refractivity contribution is 6.90. The van der Waals surface area contributed by atoms with E-state index in [1.807, 2.05) is 30.3 Å². The number of halogens is 1. The standard InChI is InChI=1S/C23H31ClO2Si/c1-16(2)27(17(3)4,18(5)6)12-11-20-14-21(26-15-25-7)13-19-9-8-10-22(24)23(19)20/h8-10,13-14,16-18H,15H2,1-7H3. The fourth-order valence-corrected chi connectivity index (χ4v) is 9.77. The molecular weight excluding hydrogens is 372 g/mol. The predicted octanol–water partition coefficient (Wildman–Crippen LogP) is 7.05. The number of benzene rings is 2. The third-order valence-corrected chi connectivity index (χ3v) is 12.1. The van der Waals surface area contributed by atoms with Crippen LogP contribution in [0.5, 0.6) is 5.75 Å². The first kappa shape index (κ1) is 21.8. The number of hydrogen-bond acceptors (Lipinski definition) is 2. The molecule has 2 aromatic rings. The summed E-state index contributed by atoms with van der Waals surface area (Å²) in [5, 5.41) is 2.75. The van der Waals surface area contributed by atoms with Crippen LogP contribution < -0.4 is 4.74 Å². The van der Waals surface area contributed by atoms with Crippen molar-refractivity contribution < 1.29 is 9.47 Å². The molecule has 0 heterocycles. The van der Waals surface area contributed by atoms with Crippen LogP contribution in [-0.4, -0.2) is 22.0 Å². The Bertz CT molecular complexity index is 825. The van der Waals surface area contributed by atoms with Crippen molar-refractivity contribution in [3.05, 3.63) is 40.9 Å². The quantitative estimate of drug-likeness (QED) is 0.293. The molecule has 0 fully saturated rings. The summed E-state index contributed by atoms with van der Waals surface area (Å²) in [7, 11) is -0.210. The van der Waals surface area contributed by atoms with Gasteiger partial charge in [0.1, 0.15) is 13.8 Å². The van der Waals surface area contributed by atoms with E-state index in [0.717, 1.165) is 27.1 Å². The lowest BCUT2D eigenvalue weighted by Crippen LogP contribution is -2.43. The minimum Gasteiger partial charge on any atom is -0.468 e. The van der Waals surface area contributed by atoms with Crippen molar-refractivity contribution in [3.8, 4) is 17.2 Å². The van der Waals surface area contributed by atoms with Gasteiger partial charge in [-0.15, -0.1) is 5.54 Å². The Morgan fingerprint density at radius 3 is 2.19 bits per heavy atom. The van der Waals surface area contributed by atoms with E-state index in [1.165, 1.54) is 0 Å². The predicted molar refractivity (Wildman–Crippen MR) is 119 cm³/mol. The average Bonchev–Trinajstić information content (AvgIpc) is 2.59. The Morgan fingerprint density at radius 2 is 1.63 bits per heavy atom. The third-order valence-electron chi connectivity index (χ3n) is 5.52. The fourth-order valence-electron chi connectivity index (χ4n) is 4.27. The molecule has 0 aliphatic carbocycles. The molecule has 0 aliphatic heterocycles. The van der Waals surface area contributed by atoms with E-state index < -0.39 is 8.07 Å². The highest BCUT2D eigenvalue weighted by Gasteiger charge is 2.41. The van der Waals surface area contributed by atoms with Crippen molar-refractivity contribution in [3.63, 3.8) is 0 Å². The van der Waals surface area contributed by atoms with Crippen LogP contribution in [0.4, 0.5) is 0 Å². The van der Waals surface area contributed by atoms with Gasteiger partial charge in [-0.2, -0.15) is 0 Å². The molecule has 27 heavy (non-hydrogen) atoms. The Labute approximate surface area is 170 Å². The Kier molecular flexibility index (Phi) is 7.39. The maximum atomic E-state index is 6.53. The largest absolute Gasteiger partial charge is 0.468 e. The SMILES string of the molecule is COCOc1cc(C#C[Si](C(C)C)(C(C)C)C(C)C)c2c(Cl)cccc2c1. The van der Waals surface area contributed by atoms with Gasteiger partial charge < -0.3 is 9.47 Å². The first-order valence-corrected chi connectivity index (χ1v) is 12.2. The smallest absolute Gasteiger partial charge is 0.188 e. The van der Waals surface area contributed by atoms with Crippen molar-refractivity contribution >= 4 is 30.4 Å². The summed E-state index contributed by atoms with van der Waals surface area (Å²) in [6.45, 7) is 14.2. The van der Waals surface area contributed by atoms with Crippen LogP contribution in [0.3, 0.4) is 0 Å². The lowest BCUT2D eigenvalue weighted by Gasteiger charge is -2.38. The number of methoxy groups -OCH3 is 1. The highest BCUT2D eigenvalue weighted by atomic mass is 35.5. The van der Waals surface area contributed by atoms with Gasteiger partial charge in [0.05, 0.1) is 0 Å².